The molecule has 1 aliphatic carbocycles. The SMILES string of the molecule is Cc1ccc(Cl)c2oc(CNC(C)C)c(C3CC3)c12. The number of nitrogens with one attached hydrogen (secondary N) is 1. The van der Waals surface area contributed by atoms with Gasteiger partial charge in [0, 0.05) is 17.0 Å². The van der Waals surface area contributed by atoms with Crippen LogP contribution in [0.15, 0.2) is 16.5 Å². The van der Waals surface area contributed by atoms with Crippen LogP contribution >= 0.6 is 11.6 Å². The lowest BCUT2D eigenvalue weighted by Gasteiger charge is -2.07. The molecule has 0 unspecified atom stereocenters. The van der Waals surface area contributed by atoms with E-state index < -0.39 is 0 Å². The molecule has 3 rings (SSSR count). The fourth-order valence-corrected chi connectivity index (χ4v) is 2.84. The molecular formula is C16H20ClNO. The van der Waals surface area contributed by atoms with Crippen molar-refractivity contribution in [3.05, 3.63) is 34.0 Å². The number of halogens is 1. The van der Waals surface area contributed by atoms with E-state index in [1.807, 2.05) is 6.07 Å². The number of hydrogen-bond acceptors (Lipinski definition) is 2. The van der Waals surface area contributed by atoms with Crippen LogP contribution in [0.4, 0.5) is 0 Å². The van der Waals surface area contributed by atoms with Gasteiger partial charge in [-0.25, -0.2) is 0 Å². The van der Waals surface area contributed by atoms with E-state index in [0.29, 0.717) is 12.0 Å². The minimum absolute atomic E-state index is 0.455. The first kappa shape index (κ1) is 13.0. The van der Waals surface area contributed by atoms with E-state index in [4.69, 9.17) is 16.0 Å². The number of benzene rings is 1. The molecule has 0 atom stereocenters. The van der Waals surface area contributed by atoms with Gasteiger partial charge in [0.15, 0.2) is 5.58 Å². The summed E-state index contributed by atoms with van der Waals surface area (Å²) in [5.41, 5.74) is 3.52. The zero-order valence-corrected chi connectivity index (χ0v) is 12.5. The Morgan fingerprint density at radius 1 is 1.37 bits per heavy atom. The van der Waals surface area contributed by atoms with Crippen molar-refractivity contribution in [3.8, 4) is 0 Å². The van der Waals surface area contributed by atoms with E-state index in [9.17, 15) is 0 Å². The highest BCUT2D eigenvalue weighted by molar-refractivity contribution is 6.35. The number of rotatable bonds is 4. The molecule has 1 heterocycles. The molecule has 0 aliphatic heterocycles. The van der Waals surface area contributed by atoms with Crippen molar-refractivity contribution in [1.29, 1.82) is 0 Å². The van der Waals surface area contributed by atoms with E-state index in [-0.39, 0.29) is 0 Å². The van der Waals surface area contributed by atoms with Crippen LogP contribution in [0.2, 0.25) is 5.02 Å². The molecule has 3 heteroatoms. The molecule has 2 nitrogen and oxygen atoms in total. The van der Waals surface area contributed by atoms with Gasteiger partial charge in [0.1, 0.15) is 5.76 Å². The lowest BCUT2D eigenvalue weighted by atomic mass is 10.0. The second kappa shape index (κ2) is 4.84. The van der Waals surface area contributed by atoms with Crippen LogP contribution in [-0.2, 0) is 6.54 Å². The van der Waals surface area contributed by atoms with Crippen LogP contribution in [0.3, 0.4) is 0 Å². The minimum atomic E-state index is 0.455. The molecule has 1 fully saturated rings. The van der Waals surface area contributed by atoms with Crippen molar-refractivity contribution >= 4 is 22.6 Å². The van der Waals surface area contributed by atoms with Crippen LogP contribution < -0.4 is 5.32 Å². The molecule has 0 amide bonds. The van der Waals surface area contributed by atoms with E-state index in [0.717, 1.165) is 22.9 Å². The van der Waals surface area contributed by atoms with Crippen LogP contribution in [0.1, 0.15) is 49.5 Å². The van der Waals surface area contributed by atoms with Gasteiger partial charge in [-0.3, -0.25) is 0 Å². The van der Waals surface area contributed by atoms with Crippen molar-refractivity contribution in [2.45, 2.75) is 52.1 Å². The first-order valence-corrected chi connectivity index (χ1v) is 7.39. The van der Waals surface area contributed by atoms with Gasteiger partial charge < -0.3 is 9.73 Å². The number of aryl methyl sites for hydroxylation is 1. The topological polar surface area (TPSA) is 25.2 Å². The zero-order chi connectivity index (χ0) is 13.6. The highest BCUT2D eigenvalue weighted by Crippen LogP contribution is 2.48. The van der Waals surface area contributed by atoms with Crippen LogP contribution in [0.25, 0.3) is 11.0 Å². The Morgan fingerprint density at radius 2 is 2.11 bits per heavy atom. The van der Waals surface area contributed by atoms with Crippen molar-refractivity contribution in [1.82, 2.24) is 5.32 Å². The van der Waals surface area contributed by atoms with Gasteiger partial charge >= 0.3 is 0 Å². The van der Waals surface area contributed by atoms with Gasteiger partial charge in [0.25, 0.3) is 0 Å². The smallest absolute Gasteiger partial charge is 0.153 e. The fraction of sp³-hybridized carbons (Fsp3) is 0.500. The molecule has 1 saturated carbocycles. The summed E-state index contributed by atoms with van der Waals surface area (Å²) < 4.78 is 6.07. The maximum atomic E-state index is 6.29. The Hall–Kier alpha value is -0.990. The fourth-order valence-electron chi connectivity index (χ4n) is 2.64. The summed E-state index contributed by atoms with van der Waals surface area (Å²) in [5, 5.41) is 5.41. The summed E-state index contributed by atoms with van der Waals surface area (Å²) in [7, 11) is 0. The van der Waals surface area contributed by atoms with Gasteiger partial charge in [-0.05, 0) is 37.3 Å². The third-order valence-electron chi connectivity index (χ3n) is 3.77. The van der Waals surface area contributed by atoms with Crippen molar-refractivity contribution in [3.63, 3.8) is 0 Å². The Balaban J connectivity index is 2.13. The summed E-state index contributed by atoms with van der Waals surface area (Å²) in [4.78, 5) is 0. The normalized spacial score (nSPS) is 15.6. The quantitative estimate of drug-likeness (QED) is 0.871. The van der Waals surface area contributed by atoms with Crippen molar-refractivity contribution < 1.29 is 4.42 Å². The lowest BCUT2D eigenvalue weighted by Crippen LogP contribution is -2.22. The predicted molar refractivity (Wildman–Crippen MR) is 79.9 cm³/mol. The van der Waals surface area contributed by atoms with E-state index >= 15 is 0 Å². The van der Waals surface area contributed by atoms with Gasteiger partial charge in [0.05, 0.1) is 11.6 Å². The third kappa shape index (κ3) is 2.39. The van der Waals surface area contributed by atoms with Crippen LogP contribution in [-0.4, -0.2) is 6.04 Å². The molecular weight excluding hydrogens is 258 g/mol. The number of furan rings is 1. The zero-order valence-electron chi connectivity index (χ0n) is 11.7. The summed E-state index contributed by atoms with van der Waals surface area (Å²) in [6, 6.07) is 4.47. The number of fused-ring (bicyclic) bond motifs is 1. The average Bonchev–Trinajstić information content (AvgIpc) is 3.12. The number of hydrogen-bond donors (Lipinski definition) is 1. The largest absolute Gasteiger partial charge is 0.458 e. The molecule has 102 valence electrons. The van der Waals surface area contributed by atoms with Crippen LogP contribution in [0, 0.1) is 6.92 Å². The summed E-state index contributed by atoms with van der Waals surface area (Å²) in [5.74, 6) is 1.74. The molecule has 1 aromatic heterocycles. The van der Waals surface area contributed by atoms with Gasteiger partial charge in [-0.1, -0.05) is 31.5 Å². The average molecular weight is 278 g/mol. The van der Waals surface area contributed by atoms with Crippen molar-refractivity contribution in [2.75, 3.05) is 0 Å². The third-order valence-corrected chi connectivity index (χ3v) is 4.07. The molecule has 1 aliphatic rings. The van der Waals surface area contributed by atoms with E-state index in [2.05, 4.69) is 32.2 Å². The maximum Gasteiger partial charge on any atom is 0.153 e. The summed E-state index contributed by atoms with van der Waals surface area (Å²) in [6.07, 6.45) is 2.55. The second-order valence-electron chi connectivity index (χ2n) is 5.82. The predicted octanol–water partition coefficient (Wildman–Crippen LogP) is 4.77. The van der Waals surface area contributed by atoms with Crippen molar-refractivity contribution in [2.24, 2.45) is 0 Å². The molecule has 19 heavy (non-hydrogen) atoms. The van der Waals surface area contributed by atoms with E-state index in [1.165, 1.54) is 29.4 Å². The van der Waals surface area contributed by atoms with Crippen LogP contribution in [0.5, 0.6) is 0 Å². The first-order chi connectivity index (χ1) is 9.08. The summed E-state index contributed by atoms with van der Waals surface area (Å²) in [6.45, 7) is 7.23. The monoisotopic (exact) mass is 277 g/mol. The Labute approximate surface area is 119 Å². The second-order valence-corrected chi connectivity index (χ2v) is 6.22. The van der Waals surface area contributed by atoms with E-state index in [1.54, 1.807) is 0 Å². The lowest BCUT2D eigenvalue weighted by molar-refractivity contribution is 0.483. The highest BCUT2D eigenvalue weighted by atomic mass is 35.5. The van der Waals surface area contributed by atoms with Gasteiger partial charge in [0.2, 0.25) is 0 Å². The molecule has 1 N–H and O–H groups in total. The Morgan fingerprint density at radius 3 is 2.74 bits per heavy atom. The molecule has 0 radical (unpaired) electrons. The Bertz CT molecular complexity index is 611. The highest BCUT2D eigenvalue weighted by Gasteiger charge is 2.31. The molecule has 2 aromatic rings. The first-order valence-electron chi connectivity index (χ1n) is 7.01. The minimum Gasteiger partial charge on any atom is -0.458 e. The Kier molecular flexibility index (Phi) is 3.32. The van der Waals surface area contributed by atoms with Gasteiger partial charge in [-0.15, -0.1) is 0 Å². The van der Waals surface area contributed by atoms with Gasteiger partial charge in [-0.2, -0.15) is 0 Å². The summed E-state index contributed by atoms with van der Waals surface area (Å²) >= 11 is 6.29. The molecule has 1 aromatic carbocycles. The molecule has 0 saturated heterocycles. The standard InChI is InChI=1S/C16H20ClNO/c1-9(2)18-8-13-15(11-5-6-11)14-10(3)4-7-12(17)16(14)19-13/h4,7,9,11,18H,5-6,8H2,1-3H3. The maximum absolute atomic E-state index is 6.29. The molecule has 0 bridgehead atoms. The molecule has 0 spiro atoms.